The monoisotopic (exact) mass is 540 g/mol. The van der Waals surface area contributed by atoms with Crippen LogP contribution in [0.1, 0.15) is 35.1 Å². The van der Waals surface area contributed by atoms with E-state index in [1.807, 2.05) is 0 Å². The van der Waals surface area contributed by atoms with Crippen LogP contribution in [0.15, 0.2) is 40.4 Å². The number of fused-ring (bicyclic) bond motifs is 2. The summed E-state index contributed by atoms with van der Waals surface area (Å²) in [6, 6.07) is 9.93. The molecule has 8 nitrogen and oxygen atoms in total. The normalized spacial score (nSPS) is 15.0. The van der Waals surface area contributed by atoms with Crippen LogP contribution in [0.25, 0.3) is 0 Å². The van der Waals surface area contributed by atoms with Crippen LogP contribution >= 0.6 is 0 Å². The van der Waals surface area contributed by atoms with Crippen LogP contribution in [0.3, 0.4) is 0 Å². The van der Waals surface area contributed by atoms with E-state index < -0.39 is 17.9 Å². The van der Waals surface area contributed by atoms with Crippen molar-refractivity contribution in [2.45, 2.75) is 81.0 Å². The molecule has 0 unspecified atom stereocenters. The van der Waals surface area contributed by atoms with E-state index in [-0.39, 0.29) is 22.5 Å². The summed E-state index contributed by atoms with van der Waals surface area (Å²) in [6.45, 7) is 7.62. The van der Waals surface area contributed by atoms with Crippen LogP contribution in [0, 0.1) is 0 Å². The number of ether oxygens (including phenoxy) is 2. The molecular formula is C27H36N4O4SSi. The molecule has 37 heavy (non-hydrogen) atoms. The molecule has 0 radical (unpaired) electrons. The van der Waals surface area contributed by atoms with Gasteiger partial charge in [-0.3, -0.25) is 0 Å². The van der Waals surface area contributed by atoms with Crippen LogP contribution in [0.2, 0.25) is 25.7 Å². The number of para-hydroxylation sites is 1. The first kappa shape index (κ1) is 25.9. The number of hydrogen-bond donors (Lipinski definition) is 1. The van der Waals surface area contributed by atoms with Gasteiger partial charge >= 0.3 is 0 Å². The molecule has 1 heterocycles. The molecule has 2 aromatic carbocycles. The van der Waals surface area contributed by atoms with Crippen molar-refractivity contribution in [3.05, 3.63) is 52.6 Å². The predicted octanol–water partition coefficient (Wildman–Crippen LogP) is 5.15. The molecule has 2 aliphatic rings. The molecule has 0 amide bonds. The molecule has 1 N–H and O–H groups in total. The summed E-state index contributed by atoms with van der Waals surface area (Å²) >= 11 is 0. The molecule has 1 aromatic heterocycles. The van der Waals surface area contributed by atoms with Crippen LogP contribution in [-0.2, 0) is 47.0 Å². The van der Waals surface area contributed by atoms with Gasteiger partial charge in [-0.1, -0.05) is 37.8 Å². The molecule has 0 bridgehead atoms. The first-order chi connectivity index (χ1) is 17.7. The summed E-state index contributed by atoms with van der Waals surface area (Å²) in [6.07, 6.45) is 6.45. The number of hydrogen-bond acceptors (Lipinski definition) is 7. The second-order valence-electron chi connectivity index (χ2n) is 11.1. The fourth-order valence-electron chi connectivity index (χ4n) is 5.17. The van der Waals surface area contributed by atoms with Crippen LogP contribution < -0.4 is 10.1 Å². The number of nitrogens with one attached hydrogen (secondary N) is 1. The van der Waals surface area contributed by atoms with Gasteiger partial charge in [0.1, 0.15) is 17.4 Å². The third kappa shape index (κ3) is 5.32. The van der Waals surface area contributed by atoms with Gasteiger partial charge in [0, 0.05) is 20.4 Å². The number of rotatable bonds is 10. The second kappa shape index (κ2) is 10.2. The van der Waals surface area contributed by atoms with Crippen molar-refractivity contribution in [3.63, 3.8) is 0 Å². The maximum absolute atomic E-state index is 13.6. The van der Waals surface area contributed by atoms with Crippen LogP contribution in [0.5, 0.6) is 5.75 Å². The summed E-state index contributed by atoms with van der Waals surface area (Å²) in [7, 11) is -3.82. The zero-order valence-corrected chi connectivity index (χ0v) is 24.0. The predicted molar refractivity (Wildman–Crippen MR) is 146 cm³/mol. The molecular weight excluding hydrogens is 504 g/mol. The lowest BCUT2D eigenvalue weighted by Gasteiger charge is -2.18. The van der Waals surface area contributed by atoms with E-state index in [1.54, 1.807) is 22.9 Å². The lowest BCUT2D eigenvalue weighted by atomic mass is 9.99. The quantitative estimate of drug-likeness (QED) is 0.281. The van der Waals surface area contributed by atoms with Crippen molar-refractivity contribution in [1.29, 1.82) is 0 Å². The average Bonchev–Trinajstić information content (AvgIpc) is 3.61. The van der Waals surface area contributed by atoms with Gasteiger partial charge in [0.15, 0.2) is 0 Å². The molecule has 10 heteroatoms. The fraction of sp³-hybridized carbons (Fsp3) is 0.481. The molecule has 0 saturated carbocycles. The largest absolute Gasteiger partial charge is 0.495 e. The van der Waals surface area contributed by atoms with Gasteiger partial charge in [0.25, 0.3) is 5.16 Å². The number of aryl methyl sites for hydroxylation is 2. The molecule has 0 saturated heterocycles. The van der Waals surface area contributed by atoms with Crippen molar-refractivity contribution < 1.29 is 17.9 Å². The van der Waals surface area contributed by atoms with E-state index in [0.717, 1.165) is 50.3 Å². The maximum Gasteiger partial charge on any atom is 0.273 e. The fourth-order valence-corrected chi connectivity index (χ4v) is 7.21. The highest BCUT2D eigenvalue weighted by molar-refractivity contribution is 7.91. The standard InChI is InChI=1S/C27H36N4O4SSi/c1-34-23-13-5-6-14-24(23)36(32,33)27-29-26(31(30-27)18-35-15-16-37(2,3)4)28-25-21-11-7-9-19(21)17-20-10-8-12-22(20)25/h5-6,13-14,17H,7-12,15-16,18H2,1-4H3,(H,28,29,30). The number of aromatic nitrogens is 3. The summed E-state index contributed by atoms with van der Waals surface area (Å²) in [5.74, 6) is 0.648. The Morgan fingerprint density at radius 3 is 2.35 bits per heavy atom. The van der Waals surface area contributed by atoms with E-state index >= 15 is 0 Å². The minimum atomic E-state index is -4.01. The Hall–Kier alpha value is -2.69. The van der Waals surface area contributed by atoms with E-state index in [4.69, 9.17) is 9.47 Å². The van der Waals surface area contributed by atoms with Gasteiger partial charge in [-0.05, 0) is 79.0 Å². The van der Waals surface area contributed by atoms with E-state index in [2.05, 4.69) is 41.1 Å². The maximum atomic E-state index is 13.6. The molecule has 198 valence electrons. The molecule has 0 aliphatic heterocycles. The van der Waals surface area contributed by atoms with Crippen molar-refractivity contribution in [2.24, 2.45) is 0 Å². The molecule has 5 rings (SSSR count). The Bertz CT molecular complexity index is 1380. The highest BCUT2D eigenvalue weighted by atomic mass is 32.2. The van der Waals surface area contributed by atoms with E-state index in [0.29, 0.717) is 12.6 Å². The van der Waals surface area contributed by atoms with Crippen molar-refractivity contribution in [1.82, 2.24) is 14.8 Å². The molecule has 0 fully saturated rings. The van der Waals surface area contributed by atoms with Crippen LogP contribution in [-0.4, -0.2) is 45.0 Å². The second-order valence-corrected chi connectivity index (χ2v) is 18.5. The van der Waals surface area contributed by atoms with Gasteiger partial charge in [-0.25, -0.2) is 13.1 Å². The van der Waals surface area contributed by atoms with Crippen molar-refractivity contribution in [3.8, 4) is 5.75 Å². The third-order valence-electron chi connectivity index (χ3n) is 7.17. The van der Waals surface area contributed by atoms with Gasteiger partial charge in [0.2, 0.25) is 15.8 Å². The highest BCUT2D eigenvalue weighted by Gasteiger charge is 2.30. The molecule has 2 aliphatic carbocycles. The molecule has 0 atom stereocenters. The Labute approximate surface area is 220 Å². The van der Waals surface area contributed by atoms with E-state index in [9.17, 15) is 8.42 Å². The summed E-state index contributed by atoms with van der Waals surface area (Å²) in [5, 5.41) is 7.70. The van der Waals surface area contributed by atoms with Gasteiger partial charge < -0.3 is 14.8 Å². The molecule has 0 spiro atoms. The summed E-state index contributed by atoms with van der Waals surface area (Å²) in [5.41, 5.74) is 6.51. The average molecular weight is 541 g/mol. The minimum Gasteiger partial charge on any atom is -0.495 e. The lowest BCUT2D eigenvalue weighted by molar-refractivity contribution is 0.0792. The first-order valence-electron chi connectivity index (χ1n) is 13.0. The zero-order chi connectivity index (χ0) is 26.2. The summed E-state index contributed by atoms with van der Waals surface area (Å²) < 4.78 is 40.0. The van der Waals surface area contributed by atoms with Gasteiger partial charge in [0.05, 0.1) is 7.11 Å². The topological polar surface area (TPSA) is 95.3 Å². The third-order valence-corrected chi connectivity index (χ3v) is 10.4. The van der Waals surface area contributed by atoms with Crippen molar-refractivity contribution in [2.75, 3.05) is 19.0 Å². The summed E-state index contributed by atoms with van der Waals surface area (Å²) in [4.78, 5) is 4.58. The smallest absolute Gasteiger partial charge is 0.273 e. The Balaban J connectivity index is 1.53. The van der Waals surface area contributed by atoms with E-state index in [1.165, 1.54) is 35.4 Å². The van der Waals surface area contributed by atoms with Crippen LogP contribution in [0.4, 0.5) is 11.6 Å². The Morgan fingerprint density at radius 2 is 1.70 bits per heavy atom. The number of sulfone groups is 1. The highest BCUT2D eigenvalue weighted by Crippen LogP contribution is 2.40. The van der Waals surface area contributed by atoms with Gasteiger partial charge in [-0.15, -0.1) is 5.10 Å². The zero-order valence-electron chi connectivity index (χ0n) is 22.1. The van der Waals surface area contributed by atoms with Crippen molar-refractivity contribution >= 4 is 29.5 Å². The Morgan fingerprint density at radius 1 is 1.03 bits per heavy atom. The minimum absolute atomic E-state index is 0.0438. The number of benzene rings is 2. The number of methoxy groups -OCH3 is 1. The van der Waals surface area contributed by atoms with Gasteiger partial charge in [-0.2, -0.15) is 4.98 Å². The SMILES string of the molecule is COc1ccccc1S(=O)(=O)c1nc(Nc2c3c(cc4c2CCC4)CCC3)n(COCC[Si](C)(C)C)n1. The molecule has 3 aromatic rings. The first-order valence-corrected chi connectivity index (χ1v) is 18.2. The Kier molecular flexibility index (Phi) is 7.17. The number of nitrogens with zero attached hydrogens (tertiary/aromatic N) is 3. The lowest BCUT2D eigenvalue weighted by Crippen LogP contribution is -2.22. The number of anilines is 2.